The second kappa shape index (κ2) is 7.28. The van der Waals surface area contributed by atoms with E-state index in [1.165, 1.54) is 17.7 Å². The third-order valence-electron chi connectivity index (χ3n) is 4.00. The third-order valence-corrected chi connectivity index (χ3v) is 4.00. The van der Waals surface area contributed by atoms with Crippen LogP contribution in [0, 0.1) is 0 Å². The molecule has 2 aromatic rings. The average Bonchev–Trinajstić information content (AvgIpc) is 2.57. The maximum Gasteiger partial charge on any atom is 0.330 e. The molecule has 1 N–H and O–H groups in total. The van der Waals surface area contributed by atoms with Crippen LogP contribution in [0.15, 0.2) is 46.0 Å². The van der Waals surface area contributed by atoms with Crippen molar-refractivity contribution in [3.8, 4) is 0 Å². The van der Waals surface area contributed by atoms with Gasteiger partial charge in [0.05, 0.1) is 12.6 Å². The zero-order chi connectivity index (χ0) is 17.0. The third kappa shape index (κ3) is 3.90. The summed E-state index contributed by atoms with van der Waals surface area (Å²) in [6, 6.07) is 11.1. The molecule has 0 spiro atoms. The molecule has 23 heavy (non-hydrogen) atoms. The number of rotatable bonds is 6. The van der Waals surface area contributed by atoms with E-state index in [1.54, 1.807) is 7.05 Å². The van der Waals surface area contributed by atoms with Gasteiger partial charge in [-0.3, -0.25) is 13.9 Å². The smallest absolute Gasteiger partial charge is 0.330 e. The van der Waals surface area contributed by atoms with Gasteiger partial charge >= 0.3 is 5.69 Å². The van der Waals surface area contributed by atoms with Crippen molar-refractivity contribution >= 4 is 5.69 Å². The normalized spacial score (nSPS) is 12.2. The Bertz CT molecular complexity index is 765. The monoisotopic (exact) mass is 317 g/mol. The van der Waals surface area contributed by atoms with Crippen LogP contribution < -0.4 is 16.1 Å². The summed E-state index contributed by atoms with van der Waals surface area (Å²) in [6.45, 7) is 2.73. The lowest BCUT2D eigenvalue weighted by Crippen LogP contribution is -2.40. The van der Waals surface area contributed by atoms with E-state index in [4.69, 9.17) is 0 Å². The van der Waals surface area contributed by atoms with E-state index in [2.05, 4.69) is 0 Å². The Morgan fingerprint density at radius 2 is 1.78 bits per heavy atom. The molecule has 0 amide bonds. The van der Waals surface area contributed by atoms with Gasteiger partial charge in [0.25, 0.3) is 5.56 Å². The van der Waals surface area contributed by atoms with Crippen molar-refractivity contribution in [3.05, 3.63) is 62.9 Å². The van der Waals surface area contributed by atoms with Gasteiger partial charge in [-0.15, -0.1) is 0 Å². The summed E-state index contributed by atoms with van der Waals surface area (Å²) in [5, 5.41) is 10.0. The van der Waals surface area contributed by atoms with Crippen molar-refractivity contribution < 1.29 is 5.11 Å². The molecule has 124 valence electrons. The van der Waals surface area contributed by atoms with Crippen LogP contribution in [0.25, 0.3) is 0 Å². The number of benzene rings is 1. The molecule has 0 saturated heterocycles. The first-order chi connectivity index (χ1) is 10.9. The number of para-hydroxylation sites is 1. The first-order valence-electron chi connectivity index (χ1n) is 7.68. The fourth-order valence-corrected chi connectivity index (χ4v) is 2.41. The van der Waals surface area contributed by atoms with E-state index < -0.39 is 6.10 Å². The van der Waals surface area contributed by atoms with Crippen molar-refractivity contribution in [1.82, 2.24) is 9.13 Å². The van der Waals surface area contributed by atoms with Gasteiger partial charge in [0.2, 0.25) is 0 Å². The molecule has 6 nitrogen and oxygen atoms in total. The maximum absolute atomic E-state index is 12.1. The zero-order valence-electron chi connectivity index (χ0n) is 13.8. The van der Waals surface area contributed by atoms with E-state index in [0.717, 1.165) is 10.3 Å². The standard InChI is InChI=1S/C17H23N3O3/c1-4-15(21)12-20(13-8-6-5-7-9-13)11-14-10-16(22)19(3)17(23)18(14)2/h5-10,15,21H,4,11-12H2,1-3H3. The van der Waals surface area contributed by atoms with Crippen LogP contribution in [0.2, 0.25) is 0 Å². The van der Waals surface area contributed by atoms with Crippen molar-refractivity contribution in [3.63, 3.8) is 0 Å². The first kappa shape index (κ1) is 17.0. The lowest BCUT2D eigenvalue weighted by atomic mass is 10.2. The minimum absolute atomic E-state index is 0.327. The largest absolute Gasteiger partial charge is 0.391 e. The van der Waals surface area contributed by atoms with Crippen molar-refractivity contribution in [2.45, 2.75) is 26.0 Å². The molecule has 1 atom stereocenters. The van der Waals surface area contributed by atoms with Crippen LogP contribution in [0.4, 0.5) is 5.69 Å². The van der Waals surface area contributed by atoms with Gasteiger partial charge in [0.1, 0.15) is 0 Å². The molecule has 0 fully saturated rings. The molecular formula is C17H23N3O3. The molecule has 0 bridgehead atoms. The fraction of sp³-hybridized carbons (Fsp3) is 0.412. The molecule has 1 heterocycles. The Morgan fingerprint density at radius 1 is 1.13 bits per heavy atom. The topological polar surface area (TPSA) is 67.5 Å². The van der Waals surface area contributed by atoms with Crippen molar-refractivity contribution in [2.75, 3.05) is 11.4 Å². The van der Waals surface area contributed by atoms with Gasteiger partial charge in [-0.2, -0.15) is 0 Å². The van der Waals surface area contributed by atoms with Gasteiger partial charge in [-0.25, -0.2) is 4.79 Å². The van der Waals surface area contributed by atoms with E-state index in [9.17, 15) is 14.7 Å². The van der Waals surface area contributed by atoms with Gasteiger partial charge in [-0.05, 0) is 18.6 Å². The molecule has 0 radical (unpaired) electrons. The molecule has 1 unspecified atom stereocenters. The van der Waals surface area contributed by atoms with E-state index in [0.29, 0.717) is 25.2 Å². The number of hydrogen-bond donors (Lipinski definition) is 1. The second-order valence-electron chi connectivity index (χ2n) is 5.65. The Hall–Kier alpha value is -2.34. The van der Waals surface area contributed by atoms with Crippen LogP contribution in [-0.4, -0.2) is 26.9 Å². The Labute approximate surface area is 135 Å². The number of aliphatic hydroxyl groups excluding tert-OH is 1. The van der Waals surface area contributed by atoms with Crippen molar-refractivity contribution in [2.24, 2.45) is 14.1 Å². The molecule has 1 aromatic heterocycles. The van der Waals surface area contributed by atoms with Crippen LogP contribution in [0.1, 0.15) is 19.0 Å². The maximum atomic E-state index is 12.1. The summed E-state index contributed by atoms with van der Waals surface area (Å²) >= 11 is 0. The van der Waals surface area contributed by atoms with E-state index in [1.807, 2.05) is 42.2 Å². The highest BCUT2D eigenvalue weighted by Crippen LogP contribution is 2.16. The van der Waals surface area contributed by atoms with Gasteiger partial charge in [0, 0.05) is 38.1 Å². The Morgan fingerprint density at radius 3 is 2.39 bits per heavy atom. The Balaban J connectivity index is 2.39. The fourth-order valence-electron chi connectivity index (χ4n) is 2.41. The zero-order valence-corrected chi connectivity index (χ0v) is 13.8. The highest BCUT2D eigenvalue weighted by Gasteiger charge is 2.14. The van der Waals surface area contributed by atoms with E-state index >= 15 is 0 Å². The van der Waals surface area contributed by atoms with Gasteiger partial charge < -0.3 is 10.0 Å². The summed E-state index contributed by atoms with van der Waals surface area (Å²) in [4.78, 5) is 25.9. The second-order valence-corrected chi connectivity index (χ2v) is 5.65. The number of nitrogens with zero attached hydrogens (tertiary/aromatic N) is 3. The molecule has 1 aromatic carbocycles. The summed E-state index contributed by atoms with van der Waals surface area (Å²) in [7, 11) is 3.11. The number of aromatic nitrogens is 2. The minimum Gasteiger partial charge on any atom is -0.391 e. The summed E-state index contributed by atoms with van der Waals surface area (Å²) in [6.07, 6.45) is 0.164. The minimum atomic E-state index is -0.473. The molecule has 2 rings (SSSR count). The lowest BCUT2D eigenvalue weighted by Gasteiger charge is -2.27. The molecule has 0 aliphatic heterocycles. The predicted octanol–water partition coefficient (Wildman–Crippen LogP) is 0.861. The Kier molecular flexibility index (Phi) is 5.39. The summed E-state index contributed by atoms with van der Waals surface area (Å²) in [5.41, 5.74) is 0.877. The molecule has 0 aliphatic rings. The van der Waals surface area contributed by atoms with Gasteiger partial charge in [-0.1, -0.05) is 25.1 Å². The lowest BCUT2D eigenvalue weighted by molar-refractivity contribution is 0.175. The highest BCUT2D eigenvalue weighted by atomic mass is 16.3. The predicted molar refractivity (Wildman–Crippen MR) is 90.7 cm³/mol. The van der Waals surface area contributed by atoms with Gasteiger partial charge in [0.15, 0.2) is 0 Å². The van der Waals surface area contributed by atoms with Crippen LogP contribution in [0.5, 0.6) is 0 Å². The van der Waals surface area contributed by atoms with Crippen LogP contribution in [0.3, 0.4) is 0 Å². The highest BCUT2D eigenvalue weighted by molar-refractivity contribution is 5.46. The first-order valence-corrected chi connectivity index (χ1v) is 7.68. The number of hydrogen-bond acceptors (Lipinski definition) is 4. The number of aliphatic hydroxyl groups is 1. The molecular weight excluding hydrogens is 294 g/mol. The molecule has 0 aliphatic carbocycles. The number of anilines is 1. The SMILES string of the molecule is CCC(O)CN(Cc1cc(=O)n(C)c(=O)n1C)c1ccccc1. The summed E-state index contributed by atoms with van der Waals surface area (Å²) in [5.74, 6) is 0. The molecule has 0 saturated carbocycles. The van der Waals surface area contributed by atoms with E-state index in [-0.39, 0.29) is 11.2 Å². The quantitative estimate of drug-likeness (QED) is 0.858. The van der Waals surface area contributed by atoms with Crippen LogP contribution >= 0.6 is 0 Å². The van der Waals surface area contributed by atoms with Crippen LogP contribution in [-0.2, 0) is 20.6 Å². The van der Waals surface area contributed by atoms with Crippen molar-refractivity contribution in [1.29, 1.82) is 0 Å². The summed E-state index contributed by atoms with van der Waals surface area (Å²) < 4.78 is 2.55. The average molecular weight is 317 g/mol. The molecule has 6 heteroatoms.